The molecule has 1 aliphatic rings. The van der Waals surface area contributed by atoms with Gasteiger partial charge in [0.15, 0.2) is 5.82 Å². The van der Waals surface area contributed by atoms with Crippen molar-refractivity contribution in [3.63, 3.8) is 0 Å². The number of rotatable bonds is 1. The van der Waals surface area contributed by atoms with E-state index in [0.717, 1.165) is 25.9 Å². The molecule has 16 heavy (non-hydrogen) atoms. The SMILES string of the molecule is CC1(c2ncc(C#N)c(N)n2)CCCCO1. The van der Waals surface area contributed by atoms with Crippen molar-refractivity contribution in [2.24, 2.45) is 0 Å². The smallest absolute Gasteiger partial charge is 0.162 e. The van der Waals surface area contributed by atoms with Crippen LogP contribution in [-0.4, -0.2) is 16.6 Å². The fourth-order valence-corrected chi connectivity index (χ4v) is 1.85. The molecule has 1 aromatic rings. The predicted molar refractivity (Wildman–Crippen MR) is 58.3 cm³/mol. The molecule has 5 nitrogen and oxygen atoms in total. The number of hydrogen-bond acceptors (Lipinski definition) is 5. The molecule has 0 radical (unpaired) electrons. The lowest BCUT2D eigenvalue weighted by Gasteiger charge is -2.32. The largest absolute Gasteiger partial charge is 0.382 e. The van der Waals surface area contributed by atoms with Crippen molar-refractivity contribution in [3.05, 3.63) is 17.6 Å². The van der Waals surface area contributed by atoms with Crippen molar-refractivity contribution in [2.45, 2.75) is 31.8 Å². The Bertz CT molecular complexity index is 432. The summed E-state index contributed by atoms with van der Waals surface area (Å²) in [6.45, 7) is 2.69. The molecule has 2 N–H and O–H groups in total. The van der Waals surface area contributed by atoms with Gasteiger partial charge in [-0.1, -0.05) is 0 Å². The van der Waals surface area contributed by atoms with Crippen molar-refractivity contribution < 1.29 is 4.74 Å². The van der Waals surface area contributed by atoms with Gasteiger partial charge in [0.05, 0.1) is 6.20 Å². The van der Waals surface area contributed by atoms with Crippen LogP contribution < -0.4 is 5.73 Å². The van der Waals surface area contributed by atoms with Gasteiger partial charge in [-0.25, -0.2) is 9.97 Å². The van der Waals surface area contributed by atoms with Crippen LogP contribution in [0.25, 0.3) is 0 Å². The Morgan fingerprint density at radius 2 is 2.38 bits per heavy atom. The molecular formula is C11H14N4O. The summed E-state index contributed by atoms with van der Waals surface area (Å²) in [4.78, 5) is 8.33. The van der Waals surface area contributed by atoms with Gasteiger partial charge in [0.1, 0.15) is 23.1 Å². The van der Waals surface area contributed by atoms with Gasteiger partial charge in [-0.3, -0.25) is 0 Å². The quantitative estimate of drug-likeness (QED) is 0.769. The number of ether oxygens (including phenoxy) is 1. The highest BCUT2D eigenvalue weighted by atomic mass is 16.5. The Balaban J connectivity index is 2.33. The van der Waals surface area contributed by atoms with Crippen LogP contribution in [0.3, 0.4) is 0 Å². The van der Waals surface area contributed by atoms with Crippen molar-refractivity contribution >= 4 is 5.82 Å². The van der Waals surface area contributed by atoms with Gasteiger partial charge in [-0.05, 0) is 26.2 Å². The maximum atomic E-state index is 8.74. The molecule has 1 unspecified atom stereocenters. The third-order valence-corrected chi connectivity index (χ3v) is 2.88. The summed E-state index contributed by atoms with van der Waals surface area (Å²) in [6.07, 6.45) is 4.51. The molecule has 2 heterocycles. The number of nitrogens with two attached hydrogens (primary N) is 1. The second kappa shape index (κ2) is 4.06. The van der Waals surface area contributed by atoms with Gasteiger partial charge in [0, 0.05) is 6.61 Å². The van der Waals surface area contributed by atoms with Crippen LogP contribution in [-0.2, 0) is 10.3 Å². The highest BCUT2D eigenvalue weighted by molar-refractivity contribution is 5.46. The van der Waals surface area contributed by atoms with E-state index in [1.54, 1.807) is 0 Å². The summed E-state index contributed by atoms with van der Waals surface area (Å²) in [5.41, 5.74) is 5.52. The van der Waals surface area contributed by atoms with E-state index in [-0.39, 0.29) is 5.82 Å². The van der Waals surface area contributed by atoms with Crippen LogP contribution >= 0.6 is 0 Å². The summed E-state index contributed by atoms with van der Waals surface area (Å²) in [5, 5.41) is 8.74. The zero-order valence-corrected chi connectivity index (χ0v) is 9.23. The Morgan fingerprint density at radius 1 is 1.56 bits per heavy atom. The van der Waals surface area contributed by atoms with E-state index in [4.69, 9.17) is 15.7 Å². The van der Waals surface area contributed by atoms with Crippen LogP contribution in [0.4, 0.5) is 5.82 Å². The molecular weight excluding hydrogens is 204 g/mol. The van der Waals surface area contributed by atoms with Gasteiger partial charge >= 0.3 is 0 Å². The molecule has 0 aliphatic carbocycles. The van der Waals surface area contributed by atoms with Gasteiger partial charge in [-0.2, -0.15) is 5.26 Å². The second-order valence-corrected chi connectivity index (χ2v) is 4.14. The first-order valence-electron chi connectivity index (χ1n) is 5.33. The van der Waals surface area contributed by atoms with Crippen LogP contribution in [0.5, 0.6) is 0 Å². The summed E-state index contributed by atoms with van der Waals surface area (Å²) >= 11 is 0. The molecule has 0 spiro atoms. The number of nitrogens with zero attached hydrogens (tertiary/aromatic N) is 3. The zero-order chi connectivity index (χ0) is 11.6. The minimum Gasteiger partial charge on any atom is -0.382 e. The molecule has 1 fully saturated rings. The molecule has 5 heteroatoms. The average Bonchev–Trinajstić information content (AvgIpc) is 2.30. The molecule has 0 bridgehead atoms. The summed E-state index contributed by atoms with van der Waals surface area (Å²) in [5.74, 6) is 0.798. The van der Waals surface area contributed by atoms with Crippen molar-refractivity contribution in [3.8, 4) is 6.07 Å². The third-order valence-electron chi connectivity index (χ3n) is 2.88. The molecule has 1 saturated heterocycles. The topological polar surface area (TPSA) is 84.8 Å². The Labute approximate surface area is 94.3 Å². The van der Waals surface area contributed by atoms with Gasteiger partial charge < -0.3 is 10.5 Å². The molecule has 1 aromatic heterocycles. The highest BCUT2D eigenvalue weighted by Gasteiger charge is 2.33. The number of hydrogen-bond donors (Lipinski definition) is 1. The first-order valence-corrected chi connectivity index (χ1v) is 5.33. The minimum absolute atomic E-state index is 0.225. The van der Waals surface area contributed by atoms with E-state index in [9.17, 15) is 0 Å². The second-order valence-electron chi connectivity index (χ2n) is 4.14. The molecule has 1 atom stereocenters. The van der Waals surface area contributed by atoms with Crippen molar-refractivity contribution in [2.75, 3.05) is 12.3 Å². The first-order chi connectivity index (χ1) is 7.65. The van der Waals surface area contributed by atoms with E-state index < -0.39 is 5.60 Å². The predicted octanol–water partition coefficient (Wildman–Crippen LogP) is 1.35. The lowest BCUT2D eigenvalue weighted by molar-refractivity contribution is -0.0759. The fraction of sp³-hybridized carbons (Fsp3) is 0.545. The number of nitrogen functional groups attached to an aromatic ring is 1. The van der Waals surface area contributed by atoms with Gasteiger partial charge in [-0.15, -0.1) is 0 Å². The standard InChI is InChI=1S/C11H14N4O/c1-11(4-2-3-5-16-11)10-14-7-8(6-12)9(13)15-10/h7H,2-5H2,1H3,(H2,13,14,15). The van der Waals surface area contributed by atoms with Gasteiger partial charge in [0.25, 0.3) is 0 Å². The number of anilines is 1. The average molecular weight is 218 g/mol. The molecule has 0 saturated carbocycles. The maximum Gasteiger partial charge on any atom is 0.162 e. The van der Waals surface area contributed by atoms with E-state index in [1.807, 2.05) is 13.0 Å². The number of aromatic nitrogens is 2. The lowest BCUT2D eigenvalue weighted by Crippen LogP contribution is -2.32. The molecule has 2 rings (SSSR count). The molecule has 0 aromatic carbocycles. The highest BCUT2D eigenvalue weighted by Crippen LogP contribution is 2.32. The lowest BCUT2D eigenvalue weighted by atomic mass is 9.95. The number of nitriles is 1. The van der Waals surface area contributed by atoms with Crippen LogP contribution in [0.1, 0.15) is 37.6 Å². The summed E-state index contributed by atoms with van der Waals surface area (Å²) < 4.78 is 5.72. The summed E-state index contributed by atoms with van der Waals surface area (Å²) in [6, 6.07) is 1.95. The fourth-order valence-electron chi connectivity index (χ4n) is 1.85. The maximum absolute atomic E-state index is 8.74. The summed E-state index contributed by atoms with van der Waals surface area (Å²) in [7, 11) is 0. The third kappa shape index (κ3) is 1.84. The zero-order valence-electron chi connectivity index (χ0n) is 9.23. The van der Waals surface area contributed by atoms with Crippen LogP contribution in [0.2, 0.25) is 0 Å². The van der Waals surface area contributed by atoms with Gasteiger partial charge in [0.2, 0.25) is 0 Å². The van der Waals surface area contributed by atoms with Crippen LogP contribution in [0, 0.1) is 11.3 Å². The van der Waals surface area contributed by atoms with E-state index >= 15 is 0 Å². The Morgan fingerprint density at radius 3 is 2.94 bits per heavy atom. The van der Waals surface area contributed by atoms with Crippen LogP contribution in [0.15, 0.2) is 6.20 Å². The Hall–Kier alpha value is -1.67. The van der Waals surface area contributed by atoms with E-state index in [0.29, 0.717) is 11.4 Å². The normalized spacial score (nSPS) is 25.0. The monoisotopic (exact) mass is 218 g/mol. The molecule has 0 amide bonds. The van der Waals surface area contributed by atoms with Crippen molar-refractivity contribution in [1.82, 2.24) is 9.97 Å². The first kappa shape index (κ1) is 10.8. The van der Waals surface area contributed by atoms with E-state index in [2.05, 4.69) is 9.97 Å². The molecule has 1 aliphatic heterocycles. The minimum atomic E-state index is -0.458. The van der Waals surface area contributed by atoms with Crippen molar-refractivity contribution in [1.29, 1.82) is 5.26 Å². The molecule has 84 valence electrons. The van der Waals surface area contributed by atoms with E-state index in [1.165, 1.54) is 6.20 Å². The Kier molecular flexibility index (Phi) is 2.75.